The van der Waals surface area contributed by atoms with E-state index < -0.39 is 0 Å². The first-order valence-corrected chi connectivity index (χ1v) is 5.63. The Morgan fingerprint density at radius 1 is 1.18 bits per heavy atom. The number of hydrogen-bond donors (Lipinski definition) is 1. The van der Waals surface area contributed by atoms with E-state index in [1.165, 1.54) is 11.3 Å². The van der Waals surface area contributed by atoms with Crippen LogP contribution in [0.2, 0.25) is 0 Å². The second-order valence-corrected chi connectivity index (χ2v) is 4.20. The van der Waals surface area contributed by atoms with Gasteiger partial charge in [0.1, 0.15) is 0 Å². The smallest absolute Gasteiger partial charge is 0.0427 e. The molecule has 0 atom stereocenters. The van der Waals surface area contributed by atoms with E-state index in [4.69, 9.17) is 5.73 Å². The molecule has 0 amide bonds. The summed E-state index contributed by atoms with van der Waals surface area (Å²) in [6.45, 7) is 2.90. The van der Waals surface area contributed by atoms with Crippen LogP contribution >= 0.6 is 0 Å². The Hall–Kier alpha value is -2.03. The maximum Gasteiger partial charge on any atom is 0.0427 e. The van der Waals surface area contributed by atoms with Gasteiger partial charge in [0.15, 0.2) is 0 Å². The highest BCUT2D eigenvalue weighted by Crippen LogP contribution is 2.24. The summed E-state index contributed by atoms with van der Waals surface area (Å²) in [6, 6.07) is 10.1. The number of aromatic nitrogens is 1. The molecule has 2 rings (SSSR count). The van der Waals surface area contributed by atoms with Crippen LogP contribution in [0.15, 0.2) is 42.7 Å². The van der Waals surface area contributed by atoms with Crippen LogP contribution in [0.25, 0.3) is 0 Å². The zero-order valence-corrected chi connectivity index (χ0v) is 10.2. The van der Waals surface area contributed by atoms with E-state index in [-0.39, 0.29) is 0 Å². The summed E-state index contributed by atoms with van der Waals surface area (Å²) in [7, 11) is 2.07. The quantitative estimate of drug-likeness (QED) is 0.819. The highest BCUT2D eigenvalue weighted by Gasteiger charge is 2.06. The van der Waals surface area contributed by atoms with Crippen molar-refractivity contribution in [3.8, 4) is 0 Å². The Bertz CT molecular complexity index is 494. The van der Waals surface area contributed by atoms with E-state index >= 15 is 0 Å². The van der Waals surface area contributed by atoms with Crippen LogP contribution in [0.1, 0.15) is 11.1 Å². The van der Waals surface area contributed by atoms with Crippen LogP contribution in [0.5, 0.6) is 0 Å². The number of nitrogens with two attached hydrogens (primary N) is 1. The molecule has 0 unspecified atom stereocenters. The number of pyridine rings is 1. The Morgan fingerprint density at radius 3 is 2.59 bits per heavy atom. The third-order valence-corrected chi connectivity index (χ3v) is 2.93. The van der Waals surface area contributed by atoms with Crippen molar-refractivity contribution in [3.63, 3.8) is 0 Å². The maximum absolute atomic E-state index is 5.92. The van der Waals surface area contributed by atoms with Crippen LogP contribution in [0, 0.1) is 6.92 Å². The van der Waals surface area contributed by atoms with Gasteiger partial charge in [-0.2, -0.15) is 0 Å². The van der Waals surface area contributed by atoms with Gasteiger partial charge in [0.2, 0.25) is 0 Å². The zero-order chi connectivity index (χ0) is 12.3. The van der Waals surface area contributed by atoms with Gasteiger partial charge < -0.3 is 10.6 Å². The molecule has 1 aromatic carbocycles. The molecule has 0 spiro atoms. The predicted molar refractivity (Wildman–Crippen MR) is 71.9 cm³/mol. The lowest BCUT2D eigenvalue weighted by Crippen LogP contribution is -2.17. The molecule has 0 aliphatic rings. The summed E-state index contributed by atoms with van der Waals surface area (Å²) < 4.78 is 0. The molecule has 1 heterocycles. The Morgan fingerprint density at radius 2 is 1.88 bits per heavy atom. The minimum atomic E-state index is 0.837. The molecule has 3 heteroatoms. The highest BCUT2D eigenvalue weighted by molar-refractivity contribution is 5.63. The lowest BCUT2D eigenvalue weighted by atomic mass is 10.1. The predicted octanol–water partition coefficient (Wildman–Crippen LogP) is 2.61. The zero-order valence-electron chi connectivity index (χ0n) is 10.2. The van der Waals surface area contributed by atoms with Crippen molar-refractivity contribution in [2.45, 2.75) is 13.5 Å². The summed E-state index contributed by atoms with van der Waals surface area (Å²) in [6.07, 6.45) is 3.63. The van der Waals surface area contributed by atoms with Crippen molar-refractivity contribution in [2.75, 3.05) is 17.7 Å². The maximum atomic E-state index is 5.92. The van der Waals surface area contributed by atoms with Gasteiger partial charge in [-0.1, -0.05) is 6.07 Å². The third kappa shape index (κ3) is 2.56. The van der Waals surface area contributed by atoms with Gasteiger partial charge in [-0.25, -0.2) is 0 Å². The topological polar surface area (TPSA) is 42.1 Å². The lowest BCUT2D eigenvalue weighted by molar-refractivity contribution is 0.914. The fraction of sp³-hybridized carbons (Fsp3) is 0.214. The first-order valence-electron chi connectivity index (χ1n) is 5.63. The number of hydrogen-bond acceptors (Lipinski definition) is 3. The lowest BCUT2D eigenvalue weighted by Gasteiger charge is -2.22. The van der Waals surface area contributed by atoms with Gasteiger partial charge in [0, 0.05) is 37.4 Å². The molecule has 3 nitrogen and oxygen atoms in total. The number of anilines is 2. The minimum absolute atomic E-state index is 0.837. The normalized spacial score (nSPS) is 10.2. The molecule has 1 aromatic heterocycles. The van der Waals surface area contributed by atoms with E-state index in [0.717, 1.165) is 17.8 Å². The van der Waals surface area contributed by atoms with E-state index in [9.17, 15) is 0 Å². The van der Waals surface area contributed by atoms with E-state index in [1.54, 1.807) is 0 Å². The second-order valence-electron chi connectivity index (χ2n) is 4.20. The van der Waals surface area contributed by atoms with Gasteiger partial charge in [-0.05, 0) is 42.3 Å². The second kappa shape index (κ2) is 4.87. The van der Waals surface area contributed by atoms with Crippen LogP contribution in [0.3, 0.4) is 0 Å². The first-order chi connectivity index (χ1) is 8.18. The largest absolute Gasteiger partial charge is 0.398 e. The van der Waals surface area contributed by atoms with Crippen LogP contribution < -0.4 is 10.6 Å². The molecule has 0 aliphatic carbocycles. The van der Waals surface area contributed by atoms with Crippen molar-refractivity contribution in [2.24, 2.45) is 0 Å². The Kier molecular flexibility index (Phi) is 3.28. The van der Waals surface area contributed by atoms with Gasteiger partial charge in [0.25, 0.3) is 0 Å². The molecule has 0 saturated heterocycles. The molecular weight excluding hydrogens is 210 g/mol. The van der Waals surface area contributed by atoms with Gasteiger partial charge in [0.05, 0.1) is 0 Å². The summed E-state index contributed by atoms with van der Waals surface area (Å²) >= 11 is 0. The molecule has 0 radical (unpaired) electrons. The molecule has 0 aliphatic heterocycles. The molecule has 0 bridgehead atoms. The standard InChI is InChI=1S/C14H17N3/c1-11-13(15)4-3-5-14(11)17(2)10-12-6-8-16-9-7-12/h3-9H,10,15H2,1-2H3. The van der Waals surface area contributed by atoms with E-state index in [2.05, 4.69) is 23.0 Å². The van der Waals surface area contributed by atoms with Crippen molar-refractivity contribution < 1.29 is 0 Å². The van der Waals surface area contributed by atoms with Crippen LogP contribution in [-0.2, 0) is 6.54 Å². The Labute approximate surface area is 102 Å². The fourth-order valence-corrected chi connectivity index (χ4v) is 1.90. The number of rotatable bonds is 3. The van der Waals surface area contributed by atoms with Gasteiger partial charge in [-0.3, -0.25) is 4.98 Å². The van der Waals surface area contributed by atoms with Crippen molar-refractivity contribution >= 4 is 11.4 Å². The minimum Gasteiger partial charge on any atom is -0.398 e. The van der Waals surface area contributed by atoms with Crippen molar-refractivity contribution in [1.29, 1.82) is 0 Å². The summed E-state index contributed by atoms with van der Waals surface area (Å²) in [5.41, 5.74) is 10.3. The van der Waals surface area contributed by atoms with Crippen LogP contribution in [-0.4, -0.2) is 12.0 Å². The van der Waals surface area contributed by atoms with Crippen molar-refractivity contribution in [3.05, 3.63) is 53.9 Å². The molecule has 17 heavy (non-hydrogen) atoms. The van der Waals surface area contributed by atoms with Gasteiger partial charge in [-0.15, -0.1) is 0 Å². The summed E-state index contributed by atoms with van der Waals surface area (Å²) in [5, 5.41) is 0. The monoisotopic (exact) mass is 227 g/mol. The molecule has 2 N–H and O–H groups in total. The first kappa shape index (κ1) is 11.5. The average Bonchev–Trinajstić information content (AvgIpc) is 2.34. The highest BCUT2D eigenvalue weighted by atomic mass is 15.1. The van der Waals surface area contributed by atoms with E-state index in [1.807, 2.05) is 43.6 Å². The third-order valence-electron chi connectivity index (χ3n) is 2.93. The number of nitrogens with zero attached hydrogens (tertiary/aromatic N) is 2. The molecule has 2 aromatic rings. The fourth-order valence-electron chi connectivity index (χ4n) is 1.90. The molecular formula is C14H17N3. The number of benzene rings is 1. The molecule has 0 fully saturated rings. The van der Waals surface area contributed by atoms with Crippen LogP contribution in [0.4, 0.5) is 11.4 Å². The SMILES string of the molecule is Cc1c(N)cccc1N(C)Cc1ccncc1. The van der Waals surface area contributed by atoms with E-state index in [0.29, 0.717) is 0 Å². The summed E-state index contributed by atoms with van der Waals surface area (Å²) in [4.78, 5) is 6.21. The Balaban J connectivity index is 2.20. The molecule has 88 valence electrons. The molecule has 0 saturated carbocycles. The summed E-state index contributed by atoms with van der Waals surface area (Å²) in [5.74, 6) is 0. The number of nitrogen functional groups attached to an aromatic ring is 1. The average molecular weight is 227 g/mol. The van der Waals surface area contributed by atoms with Crippen molar-refractivity contribution in [1.82, 2.24) is 4.98 Å². The van der Waals surface area contributed by atoms with Gasteiger partial charge >= 0.3 is 0 Å².